The number of hydrazine groups is 1. The van der Waals surface area contributed by atoms with Gasteiger partial charge in [-0.05, 0) is 12.1 Å². The van der Waals surface area contributed by atoms with E-state index >= 15 is 0 Å². The zero-order valence-electron chi connectivity index (χ0n) is 8.96. The third-order valence-corrected chi connectivity index (χ3v) is 2.17. The number of nitrogen functional groups attached to an aromatic ring is 1. The molecule has 0 atom stereocenters. The van der Waals surface area contributed by atoms with Gasteiger partial charge in [0, 0.05) is 0 Å². The number of para-hydroxylation sites is 1. The molecule has 1 aromatic rings. The van der Waals surface area contributed by atoms with E-state index in [2.05, 4.69) is 10.7 Å². The third-order valence-electron chi connectivity index (χ3n) is 2.17. The molecular formula is C9H14N4O4. The van der Waals surface area contributed by atoms with Gasteiger partial charge in [0.2, 0.25) is 0 Å². The van der Waals surface area contributed by atoms with Crippen LogP contribution in [0, 0.1) is 10.1 Å². The van der Waals surface area contributed by atoms with Crippen LogP contribution in [0.2, 0.25) is 0 Å². The molecule has 0 aliphatic heterocycles. The summed E-state index contributed by atoms with van der Waals surface area (Å²) in [6.45, 7) is -0.679. The van der Waals surface area contributed by atoms with Crippen molar-refractivity contribution < 1.29 is 15.1 Å². The lowest BCUT2D eigenvalue weighted by atomic mass is 10.2. The molecule has 6 N–H and O–H groups in total. The zero-order chi connectivity index (χ0) is 12.8. The highest BCUT2D eigenvalue weighted by atomic mass is 16.6. The van der Waals surface area contributed by atoms with E-state index < -0.39 is 11.0 Å². The van der Waals surface area contributed by atoms with Gasteiger partial charge >= 0.3 is 5.69 Å². The first-order valence-corrected chi connectivity index (χ1v) is 4.86. The summed E-state index contributed by atoms with van der Waals surface area (Å²) < 4.78 is 0. The van der Waals surface area contributed by atoms with Crippen LogP contribution in [-0.2, 0) is 0 Å². The van der Waals surface area contributed by atoms with Crippen molar-refractivity contribution in [3.63, 3.8) is 0 Å². The highest BCUT2D eigenvalue weighted by Crippen LogP contribution is 2.32. The van der Waals surface area contributed by atoms with Crippen LogP contribution in [0.15, 0.2) is 18.2 Å². The SMILES string of the molecule is NNc1cccc(NC(CO)CO)c1[N+](=O)[O-]. The average molecular weight is 242 g/mol. The van der Waals surface area contributed by atoms with Crippen LogP contribution in [0.1, 0.15) is 0 Å². The lowest BCUT2D eigenvalue weighted by Gasteiger charge is -2.15. The van der Waals surface area contributed by atoms with E-state index in [1.165, 1.54) is 12.1 Å². The summed E-state index contributed by atoms with van der Waals surface area (Å²) in [7, 11) is 0. The lowest BCUT2D eigenvalue weighted by Crippen LogP contribution is -2.28. The summed E-state index contributed by atoms with van der Waals surface area (Å²) in [6.07, 6.45) is 0. The van der Waals surface area contributed by atoms with Crippen LogP contribution in [0.4, 0.5) is 17.1 Å². The highest BCUT2D eigenvalue weighted by Gasteiger charge is 2.20. The molecule has 94 valence electrons. The van der Waals surface area contributed by atoms with Gasteiger partial charge in [-0.3, -0.25) is 16.0 Å². The summed E-state index contributed by atoms with van der Waals surface area (Å²) in [6, 6.07) is 3.82. The van der Waals surface area contributed by atoms with Crippen LogP contribution >= 0.6 is 0 Å². The number of hydrogen-bond acceptors (Lipinski definition) is 7. The predicted molar refractivity (Wildman–Crippen MR) is 62.5 cm³/mol. The molecule has 0 fully saturated rings. The number of benzene rings is 1. The standard InChI is InChI=1S/C9H14N4O4/c10-12-8-3-1-2-7(9(8)13(16)17)11-6(4-14)5-15/h1-3,6,11-12,14-15H,4-5,10H2. The van der Waals surface area contributed by atoms with E-state index in [9.17, 15) is 10.1 Å². The normalized spacial score (nSPS) is 10.4. The maximum Gasteiger partial charge on any atom is 0.316 e. The van der Waals surface area contributed by atoms with Crippen molar-refractivity contribution in [2.45, 2.75) is 6.04 Å². The molecule has 0 spiro atoms. The van der Waals surface area contributed by atoms with E-state index in [1.54, 1.807) is 6.07 Å². The largest absolute Gasteiger partial charge is 0.394 e. The van der Waals surface area contributed by atoms with Crippen LogP contribution < -0.4 is 16.6 Å². The van der Waals surface area contributed by atoms with Crippen molar-refractivity contribution in [1.29, 1.82) is 0 Å². The number of hydrogen-bond donors (Lipinski definition) is 5. The van der Waals surface area contributed by atoms with Gasteiger partial charge in [-0.1, -0.05) is 6.07 Å². The van der Waals surface area contributed by atoms with Gasteiger partial charge in [-0.2, -0.15) is 0 Å². The van der Waals surface area contributed by atoms with Crippen molar-refractivity contribution in [3.8, 4) is 0 Å². The molecule has 1 aromatic carbocycles. The van der Waals surface area contributed by atoms with Gasteiger partial charge in [0.25, 0.3) is 0 Å². The fraction of sp³-hybridized carbons (Fsp3) is 0.333. The molecule has 17 heavy (non-hydrogen) atoms. The number of nitrogens with two attached hydrogens (primary N) is 1. The number of aliphatic hydroxyl groups is 2. The van der Waals surface area contributed by atoms with Crippen molar-refractivity contribution in [3.05, 3.63) is 28.3 Å². The summed E-state index contributed by atoms with van der Waals surface area (Å²) in [5, 5.41) is 31.4. The molecular weight excluding hydrogens is 228 g/mol. The maximum atomic E-state index is 10.9. The van der Waals surface area contributed by atoms with Crippen LogP contribution in [0.3, 0.4) is 0 Å². The average Bonchev–Trinajstić information content (AvgIpc) is 2.34. The Bertz CT molecular complexity index is 395. The first kappa shape index (κ1) is 13.2. The maximum absolute atomic E-state index is 10.9. The Morgan fingerprint density at radius 1 is 1.35 bits per heavy atom. The summed E-state index contributed by atoms with van der Waals surface area (Å²) in [5.41, 5.74) is 2.31. The molecule has 0 unspecified atom stereocenters. The highest BCUT2D eigenvalue weighted by molar-refractivity contribution is 5.76. The third kappa shape index (κ3) is 3.03. The summed E-state index contributed by atoms with van der Waals surface area (Å²) in [5.74, 6) is 5.17. The van der Waals surface area contributed by atoms with Gasteiger partial charge in [-0.25, -0.2) is 0 Å². The number of nitro benzene ring substituents is 1. The van der Waals surface area contributed by atoms with Crippen LogP contribution in [0.5, 0.6) is 0 Å². The van der Waals surface area contributed by atoms with Gasteiger partial charge in [0.15, 0.2) is 0 Å². The van der Waals surface area contributed by atoms with E-state index in [0.717, 1.165) is 0 Å². The molecule has 0 saturated carbocycles. The Hall–Kier alpha value is -1.90. The molecule has 0 aliphatic carbocycles. The minimum atomic E-state index is -0.665. The molecule has 0 radical (unpaired) electrons. The van der Waals surface area contributed by atoms with Gasteiger partial charge in [0.05, 0.1) is 24.2 Å². The Kier molecular flexibility index (Phi) is 4.64. The monoisotopic (exact) mass is 242 g/mol. The molecule has 0 heterocycles. The zero-order valence-corrected chi connectivity index (χ0v) is 8.96. The molecule has 1 rings (SSSR count). The van der Waals surface area contributed by atoms with E-state index in [0.29, 0.717) is 0 Å². The van der Waals surface area contributed by atoms with E-state index in [1.807, 2.05) is 0 Å². The van der Waals surface area contributed by atoms with E-state index in [-0.39, 0.29) is 30.3 Å². The Morgan fingerprint density at radius 3 is 2.41 bits per heavy atom. The Morgan fingerprint density at radius 2 is 1.94 bits per heavy atom. The second kappa shape index (κ2) is 5.99. The molecule has 0 saturated heterocycles. The summed E-state index contributed by atoms with van der Waals surface area (Å²) >= 11 is 0. The number of anilines is 2. The molecule has 0 bridgehead atoms. The fourth-order valence-electron chi connectivity index (χ4n) is 1.34. The summed E-state index contributed by atoms with van der Waals surface area (Å²) in [4.78, 5) is 10.3. The molecule has 0 amide bonds. The van der Waals surface area contributed by atoms with Crippen molar-refractivity contribution in [1.82, 2.24) is 0 Å². The number of nitrogens with zero attached hydrogens (tertiary/aromatic N) is 1. The van der Waals surface area contributed by atoms with Crippen molar-refractivity contribution >= 4 is 17.1 Å². The number of nitro groups is 1. The Labute approximate surface area is 97.2 Å². The van der Waals surface area contributed by atoms with E-state index in [4.69, 9.17) is 16.1 Å². The molecule has 0 aliphatic rings. The second-order valence-corrected chi connectivity index (χ2v) is 3.31. The molecule has 0 aromatic heterocycles. The Balaban J connectivity index is 3.09. The smallest absolute Gasteiger partial charge is 0.316 e. The van der Waals surface area contributed by atoms with Gasteiger partial charge in [0.1, 0.15) is 11.4 Å². The number of aliphatic hydroxyl groups excluding tert-OH is 2. The van der Waals surface area contributed by atoms with Crippen LogP contribution in [-0.4, -0.2) is 34.4 Å². The topological polar surface area (TPSA) is 134 Å². The minimum absolute atomic E-state index is 0.148. The predicted octanol–water partition coefficient (Wildman–Crippen LogP) is -0.354. The number of rotatable bonds is 6. The van der Waals surface area contributed by atoms with Crippen molar-refractivity contribution in [2.75, 3.05) is 24.0 Å². The fourth-order valence-corrected chi connectivity index (χ4v) is 1.34. The second-order valence-electron chi connectivity index (χ2n) is 3.31. The van der Waals surface area contributed by atoms with Crippen molar-refractivity contribution in [2.24, 2.45) is 5.84 Å². The number of nitrogens with one attached hydrogen (secondary N) is 2. The molecule has 8 heteroatoms. The minimum Gasteiger partial charge on any atom is -0.394 e. The quantitative estimate of drug-likeness (QED) is 0.261. The first-order chi connectivity index (χ1) is 8.13. The van der Waals surface area contributed by atoms with Crippen LogP contribution in [0.25, 0.3) is 0 Å². The molecule has 8 nitrogen and oxygen atoms in total. The lowest BCUT2D eigenvalue weighted by molar-refractivity contribution is -0.383. The van der Waals surface area contributed by atoms with Gasteiger partial charge < -0.3 is 21.0 Å². The first-order valence-electron chi connectivity index (χ1n) is 4.86. The van der Waals surface area contributed by atoms with Gasteiger partial charge in [-0.15, -0.1) is 0 Å².